The fourth-order valence-corrected chi connectivity index (χ4v) is 4.62. The molecule has 0 unspecified atom stereocenters. The molecule has 0 aliphatic heterocycles. The molecule has 1 fully saturated rings. The van der Waals surface area contributed by atoms with E-state index < -0.39 is 0 Å². The molecule has 1 aliphatic carbocycles. The van der Waals surface area contributed by atoms with Gasteiger partial charge >= 0.3 is 0 Å². The van der Waals surface area contributed by atoms with E-state index in [2.05, 4.69) is 27.0 Å². The maximum Gasteiger partial charge on any atom is 0.282 e. The van der Waals surface area contributed by atoms with Gasteiger partial charge in [0.1, 0.15) is 12.4 Å². The number of ether oxygens (including phenoxy) is 3. The van der Waals surface area contributed by atoms with Gasteiger partial charge in [-0.3, -0.25) is 4.79 Å². The van der Waals surface area contributed by atoms with Crippen LogP contribution in [0.1, 0.15) is 49.4 Å². The van der Waals surface area contributed by atoms with Crippen molar-refractivity contribution in [3.8, 4) is 29.6 Å². The van der Waals surface area contributed by atoms with Crippen molar-refractivity contribution in [2.75, 3.05) is 20.8 Å². The highest BCUT2D eigenvalue weighted by Crippen LogP contribution is 2.38. The first-order valence-corrected chi connectivity index (χ1v) is 11.9. The molecule has 0 N–H and O–H groups in total. The van der Waals surface area contributed by atoms with Gasteiger partial charge in [-0.15, -0.1) is 6.42 Å². The summed E-state index contributed by atoms with van der Waals surface area (Å²) in [6.45, 7) is 0.0820. The average Bonchev–Trinajstić information content (AvgIpc) is 2.87. The summed E-state index contributed by atoms with van der Waals surface area (Å²) >= 11 is 3.45. The Bertz CT molecular complexity index is 1300. The molecule has 0 atom stereocenters. The normalized spacial score (nSPS) is 14.3. The summed E-state index contributed by atoms with van der Waals surface area (Å²) in [6, 6.07) is 9.06. The fourth-order valence-electron chi connectivity index (χ4n) is 4.26. The lowest BCUT2D eigenvalue weighted by Crippen LogP contribution is -2.25. The van der Waals surface area contributed by atoms with Crippen molar-refractivity contribution in [2.45, 2.75) is 38.0 Å². The van der Waals surface area contributed by atoms with Gasteiger partial charge in [0.15, 0.2) is 11.5 Å². The summed E-state index contributed by atoms with van der Waals surface area (Å²) in [5.41, 5.74) is 1.16. The second-order valence-electron chi connectivity index (χ2n) is 8.08. The third-order valence-electron chi connectivity index (χ3n) is 5.91. The van der Waals surface area contributed by atoms with Crippen LogP contribution < -0.4 is 19.8 Å². The van der Waals surface area contributed by atoms with Crippen molar-refractivity contribution in [3.63, 3.8) is 0 Å². The zero-order valence-electron chi connectivity index (χ0n) is 19.2. The van der Waals surface area contributed by atoms with E-state index in [1.54, 1.807) is 24.4 Å². The summed E-state index contributed by atoms with van der Waals surface area (Å²) in [5.74, 6) is 4.65. The van der Waals surface area contributed by atoms with E-state index in [4.69, 9.17) is 25.6 Å². The van der Waals surface area contributed by atoms with Crippen LogP contribution in [0.15, 0.2) is 44.7 Å². The van der Waals surface area contributed by atoms with Crippen molar-refractivity contribution in [3.05, 3.63) is 56.5 Å². The topological polar surface area (TPSA) is 74.9 Å². The summed E-state index contributed by atoms with van der Waals surface area (Å²) in [7, 11) is 3.07. The van der Waals surface area contributed by atoms with E-state index in [1.807, 2.05) is 12.1 Å². The molecule has 0 spiro atoms. The summed E-state index contributed by atoms with van der Waals surface area (Å²) in [4.78, 5) is 18.4. The Balaban J connectivity index is 1.82. The van der Waals surface area contributed by atoms with E-state index in [-0.39, 0.29) is 18.1 Å². The molecule has 3 aromatic rings. The van der Waals surface area contributed by atoms with Crippen LogP contribution in [0.4, 0.5) is 0 Å². The summed E-state index contributed by atoms with van der Waals surface area (Å²) < 4.78 is 18.8. The highest BCUT2D eigenvalue weighted by Gasteiger charge is 2.22. The van der Waals surface area contributed by atoms with E-state index in [0.717, 1.165) is 30.2 Å². The standard InChI is InChI=1S/C26H26BrN3O4/c1-4-12-34-24-22(32-2)13-17(14-23(24)33-3)16-28-30-25(18-8-6-5-7-9-18)29-21-11-10-19(27)15-20(21)26(30)31/h1,10-11,13-16,18H,5-9,12H2,2-3H3. The maximum atomic E-state index is 13.5. The molecule has 0 saturated heterocycles. The van der Waals surface area contributed by atoms with E-state index >= 15 is 0 Å². The van der Waals surface area contributed by atoms with E-state index in [0.29, 0.717) is 39.5 Å². The van der Waals surface area contributed by atoms with Gasteiger partial charge in [-0.1, -0.05) is 41.1 Å². The van der Waals surface area contributed by atoms with Gasteiger partial charge in [-0.2, -0.15) is 9.78 Å². The Morgan fingerprint density at radius 1 is 1.18 bits per heavy atom. The minimum Gasteiger partial charge on any atom is -0.493 e. The average molecular weight is 524 g/mol. The van der Waals surface area contributed by atoms with Crippen LogP contribution in [0.2, 0.25) is 0 Å². The lowest BCUT2D eigenvalue weighted by atomic mass is 9.88. The molecule has 8 heteroatoms. The number of fused-ring (bicyclic) bond motifs is 1. The van der Waals surface area contributed by atoms with Crippen LogP contribution in [-0.2, 0) is 0 Å². The van der Waals surface area contributed by atoms with Crippen molar-refractivity contribution in [2.24, 2.45) is 5.10 Å². The van der Waals surface area contributed by atoms with E-state index in [9.17, 15) is 4.79 Å². The molecular weight excluding hydrogens is 498 g/mol. The second-order valence-corrected chi connectivity index (χ2v) is 8.99. The number of benzene rings is 2. The molecule has 7 nitrogen and oxygen atoms in total. The molecular formula is C26H26BrN3O4. The number of nitrogens with zero attached hydrogens (tertiary/aromatic N) is 3. The first kappa shape index (κ1) is 23.8. The lowest BCUT2D eigenvalue weighted by molar-refractivity contribution is 0.304. The predicted molar refractivity (Wildman–Crippen MR) is 136 cm³/mol. The summed E-state index contributed by atoms with van der Waals surface area (Å²) in [5, 5.41) is 5.10. The molecule has 1 heterocycles. The largest absolute Gasteiger partial charge is 0.493 e. The van der Waals surface area contributed by atoms with Gasteiger partial charge in [-0.25, -0.2) is 4.98 Å². The Morgan fingerprint density at radius 3 is 2.53 bits per heavy atom. The number of rotatable bonds is 7. The predicted octanol–water partition coefficient (Wildman–Crippen LogP) is 5.12. The third kappa shape index (κ3) is 4.95. The van der Waals surface area contributed by atoms with Gasteiger partial charge in [0.2, 0.25) is 5.75 Å². The molecule has 0 bridgehead atoms. The molecule has 176 valence electrons. The van der Waals surface area contributed by atoms with Gasteiger partial charge in [0, 0.05) is 16.0 Å². The molecule has 1 aromatic heterocycles. The number of aromatic nitrogens is 2. The Kier molecular flexibility index (Phi) is 7.53. The van der Waals surface area contributed by atoms with Gasteiger partial charge in [0.25, 0.3) is 5.56 Å². The minimum atomic E-state index is -0.198. The van der Waals surface area contributed by atoms with Crippen molar-refractivity contribution >= 4 is 33.0 Å². The Morgan fingerprint density at radius 2 is 1.88 bits per heavy atom. The highest BCUT2D eigenvalue weighted by atomic mass is 79.9. The van der Waals surface area contributed by atoms with Crippen LogP contribution in [0.3, 0.4) is 0 Å². The molecule has 0 radical (unpaired) electrons. The van der Waals surface area contributed by atoms with Gasteiger partial charge in [0.05, 0.1) is 31.3 Å². The molecule has 2 aromatic carbocycles. The molecule has 0 amide bonds. The number of hydrogen-bond acceptors (Lipinski definition) is 6. The molecule has 34 heavy (non-hydrogen) atoms. The highest BCUT2D eigenvalue weighted by molar-refractivity contribution is 9.10. The summed E-state index contributed by atoms with van der Waals surface area (Å²) in [6.07, 6.45) is 12.4. The van der Waals surface area contributed by atoms with E-state index in [1.165, 1.54) is 25.3 Å². The first-order chi connectivity index (χ1) is 16.5. The van der Waals surface area contributed by atoms with Crippen LogP contribution in [-0.4, -0.2) is 36.7 Å². The monoisotopic (exact) mass is 523 g/mol. The Labute approximate surface area is 206 Å². The lowest BCUT2D eigenvalue weighted by Gasteiger charge is -2.22. The quantitative estimate of drug-likeness (QED) is 0.317. The zero-order valence-corrected chi connectivity index (χ0v) is 20.8. The van der Waals surface area contributed by atoms with Crippen LogP contribution in [0, 0.1) is 12.3 Å². The van der Waals surface area contributed by atoms with Crippen LogP contribution in [0.25, 0.3) is 10.9 Å². The molecule has 4 rings (SSSR count). The van der Waals surface area contributed by atoms with Crippen molar-refractivity contribution < 1.29 is 14.2 Å². The van der Waals surface area contributed by atoms with Crippen LogP contribution >= 0.6 is 15.9 Å². The van der Waals surface area contributed by atoms with Gasteiger partial charge < -0.3 is 14.2 Å². The fraction of sp³-hybridized carbons (Fsp3) is 0.346. The third-order valence-corrected chi connectivity index (χ3v) is 6.40. The smallest absolute Gasteiger partial charge is 0.282 e. The number of halogens is 1. The first-order valence-electron chi connectivity index (χ1n) is 11.1. The SMILES string of the molecule is C#CCOc1c(OC)cc(C=Nn2c(C3CCCCC3)nc3ccc(Br)cc3c2=O)cc1OC. The van der Waals surface area contributed by atoms with Crippen LogP contribution in [0.5, 0.6) is 17.2 Å². The van der Waals surface area contributed by atoms with Crippen molar-refractivity contribution in [1.82, 2.24) is 9.66 Å². The van der Waals surface area contributed by atoms with Crippen molar-refractivity contribution in [1.29, 1.82) is 0 Å². The second kappa shape index (κ2) is 10.7. The Hall–Kier alpha value is -3.31. The maximum absolute atomic E-state index is 13.5. The number of hydrogen-bond donors (Lipinski definition) is 0. The molecule has 1 saturated carbocycles. The van der Waals surface area contributed by atoms with Gasteiger partial charge in [-0.05, 0) is 43.2 Å². The molecule has 1 aliphatic rings. The number of terminal acetylenes is 1. The minimum absolute atomic E-state index is 0.0820. The zero-order chi connectivity index (χ0) is 24.1. The number of methoxy groups -OCH3 is 2.